The van der Waals surface area contributed by atoms with Gasteiger partial charge in [0.25, 0.3) is 0 Å². The Morgan fingerprint density at radius 2 is 1.71 bits per heavy atom. The predicted molar refractivity (Wildman–Crippen MR) is 64.2 cm³/mol. The van der Waals surface area contributed by atoms with Crippen molar-refractivity contribution >= 4 is 17.8 Å². The molecule has 0 bridgehead atoms. The van der Waals surface area contributed by atoms with Crippen molar-refractivity contribution < 1.29 is 37.8 Å². The first kappa shape index (κ1) is 19.2. The molecule has 3 atom stereocenters. The van der Waals surface area contributed by atoms with Crippen molar-refractivity contribution in [3.8, 4) is 0 Å². The molecule has 0 saturated heterocycles. The zero-order valence-corrected chi connectivity index (χ0v) is 11.2. The van der Waals surface area contributed by atoms with E-state index in [1.165, 1.54) is 6.92 Å². The molecule has 1 rings (SSSR count). The second kappa shape index (κ2) is 7.81. The van der Waals surface area contributed by atoms with Gasteiger partial charge in [0.1, 0.15) is 0 Å². The van der Waals surface area contributed by atoms with Gasteiger partial charge in [-0.05, 0) is 18.8 Å². The molecule has 0 aromatic rings. The van der Waals surface area contributed by atoms with Crippen molar-refractivity contribution in [2.75, 3.05) is 6.54 Å². The first-order valence-electron chi connectivity index (χ1n) is 5.98. The highest BCUT2D eigenvalue weighted by molar-refractivity contribution is 5.73. The number of carboxylic acid groups (broad SMARTS) is 2. The summed E-state index contributed by atoms with van der Waals surface area (Å²) >= 11 is 0. The van der Waals surface area contributed by atoms with E-state index in [1.54, 1.807) is 0 Å². The lowest BCUT2D eigenvalue weighted by molar-refractivity contribution is -0.192. The van der Waals surface area contributed by atoms with Gasteiger partial charge in [-0.15, -0.1) is 0 Å². The van der Waals surface area contributed by atoms with Gasteiger partial charge in [0.05, 0.1) is 5.92 Å². The number of carbonyl (C=O) groups is 3. The van der Waals surface area contributed by atoms with Crippen LogP contribution < -0.4 is 11.1 Å². The fourth-order valence-corrected chi connectivity index (χ4v) is 1.87. The fraction of sp³-hybridized carbons (Fsp3) is 0.727. The molecule has 0 aliphatic heterocycles. The van der Waals surface area contributed by atoms with E-state index in [2.05, 4.69) is 5.32 Å². The summed E-state index contributed by atoms with van der Waals surface area (Å²) in [4.78, 5) is 30.2. The highest BCUT2D eigenvalue weighted by Crippen LogP contribution is 2.29. The largest absolute Gasteiger partial charge is 0.490 e. The molecule has 1 saturated carbocycles. The maximum absolute atomic E-state index is 10.7. The van der Waals surface area contributed by atoms with E-state index in [0.717, 1.165) is 0 Å². The summed E-state index contributed by atoms with van der Waals surface area (Å²) in [5.74, 6) is -3.89. The summed E-state index contributed by atoms with van der Waals surface area (Å²) in [6.07, 6.45) is -4.00. The molecule has 5 N–H and O–H groups in total. The second-order valence-electron chi connectivity index (χ2n) is 4.67. The molecule has 0 radical (unpaired) electrons. The molecule has 1 aliphatic carbocycles. The normalized spacial score (nSPS) is 24.7. The van der Waals surface area contributed by atoms with Crippen LogP contribution in [0.15, 0.2) is 0 Å². The maximum atomic E-state index is 10.7. The molecular formula is C11H17F3N2O5. The molecule has 1 amide bonds. The van der Waals surface area contributed by atoms with Crippen molar-refractivity contribution in [1.82, 2.24) is 5.32 Å². The molecule has 1 fully saturated rings. The van der Waals surface area contributed by atoms with Crippen LogP contribution in [-0.4, -0.2) is 46.8 Å². The molecule has 3 unspecified atom stereocenters. The minimum absolute atomic E-state index is 0.0972. The third kappa shape index (κ3) is 7.49. The lowest BCUT2D eigenvalue weighted by Gasteiger charge is -2.14. The minimum Gasteiger partial charge on any atom is -0.481 e. The number of alkyl halides is 3. The van der Waals surface area contributed by atoms with Crippen LogP contribution in [0.4, 0.5) is 13.2 Å². The smallest absolute Gasteiger partial charge is 0.481 e. The molecule has 0 heterocycles. The zero-order chi connectivity index (χ0) is 16.8. The maximum Gasteiger partial charge on any atom is 0.490 e. The van der Waals surface area contributed by atoms with Gasteiger partial charge in [-0.1, -0.05) is 0 Å². The lowest BCUT2D eigenvalue weighted by atomic mass is 10.0. The van der Waals surface area contributed by atoms with Crippen molar-refractivity contribution in [2.45, 2.75) is 32.0 Å². The standard InChI is InChI=1S/C9H16N2O3.C2HF3O2/c1-5(12)11-4-7-2-6(9(13)14)3-8(7)10;3-2(4,5)1(6)7/h6-8H,2-4,10H2,1H3,(H,11,12)(H,13,14);(H,6,7). The molecule has 1 aliphatic rings. The Balaban J connectivity index is 0.000000486. The van der Waals surface area contributed by atoms with Gasteiger partial charge in [0, 0.05) is 19.5 Å². The Kier molecular flexibility index (Phi) is 7.13. The first-order chi connectivity index (χ1) is 9.45. The number of nitrogens with two attached hydrogens (primary N) is 1. The number of carboxylic acids is 2. The molecule has 7 nitrogen and oxygen atoms in total. The summed E-state index contributed by atoms with van der Waals surface area (Å²) in [6, 6.07) is -0.108. The van der Waals surface area contributed by atoms with Gasteiger partial charge in [0.15, 0.2) is 0 Å². The Morgan fingerprint density at radius 1 is 1.24 bits per heavy atom. The van der Waals surface area contributed by atoms with Crippen LogP contribution in [0.1, 0.15) is 19.8 Å². The number of rotatable bonds is 3. The molecule has 21 heavy (non-hydrogen) atoms. The van der Waals surface area contributed by atoms with E-state index in [0.29, 0.717) is 19.4 Å². The van der Waals surface area contributed by atoms with E-state index in [9.17, 15) is 22.8 Å². The van der Waals surface area contributed by atoms with Crippen LogP contribution in [0.2, 0.25) is 0 Å². The summed E-state index contributed by atoms with van der Waals surface area (Å²) in [5.41, 5.74) is 5.78. The Bertz CT molecular complexity index is 400. The summed E-state index contributed by atoms with van der Waals surface area (Å²) in [6.45, 7) is 1.93. The topological polar surface area (TPSA) is 130 Å². The van der Waals surface area contributed by atoms with E-state index in [1.807, 2.05) is 0 Å². The molecule has 0 aromatic carbocycles. The van der Waals surface area contributed by atoms with Crippen LogP contribution in [0.5, 0.6) is 0 Å². The van der Waals surface area contributed by atoms with Crippen molar-refractivity contribution in [3.63, 3.8) is 0 Å². The summed E-state index contributed by atoms with van der Waals surface area (Å²) in [5, 5.41) is 18.6. The van der Waals surface area contributed by atoms with Crippen LogP contribution in [0, 0.1) is 11.8 Å². The molecule has 0 aromatic heterocycles. The number of hydrogen-bond donors (Lipinski definition) is 4. The number of halogens is 3. The molecular weight excluding hydrogens is 297 g/mol. The van der Waals surface area contributed by atoms with Crippen LogP contribution in [0.25, 0.3) is 0 Å². The number of amides is 1. The zero-order valence-electron chi connectivity index (χ0n) is 11.2. The number of nitrogens with one attached hydrogen (secondary N) is 1. The fourth-order valence-electron chi connectivity index (χ4n) is 1.87. The van der Waals surface area contributed by atoms with E-state index in [-0.39, 0.29) is 23.8 Å². The van der Waals surface area contributed by atoms with Crippen LogP contribution >= 0.6 is 0 Å². The molecule has 0 spiro atoms. The van der Waals surface area contributed by atoms with Gasteiger partial charge in [-0.25, -0.2) is 4.79 Å². The molecule has 10 heteroatoms. The summed E-state index contributed by atoms with van der Waals surface area (Å²) < 4.78 is 31.7. The highest BCUT2D eigenvalue weighted by atomic mass is 19.4. The molecule has 122 valence electrons. The average Bonchev–Trinajstić information content (AvgIpc) is 2.68. The quantitative estimate of drug-likeness (QED) is 0.588. The van der Waals surface area contributed by atoms with Crippen molar-refractivity contribution in [3.05, 3.63) is 0 Å². The number of hydrogen-bond acceptors (Lipinski definition) is 4. The van der Waals surface area contributed by atoms with Gasteiger partial charge in [-0.2, -0.15) is 13.2 Å². The van der Waals surface area contributed by atoms with Crippen molar-refractivity contribution in [1.29, 1.82) is 0 Å². The predicted octanol–water partition coefficient (Wildman–Crippen LogP) is 0.194. The second-order valence-corrected chi connectivity index (χ2v) is 4.67. The SMILES string of the molecule is CC(=O)NCC1CC(C(=O)O)CC1N.O=C(O)C(F)(F)F. The Hall–Kier alpha value is -1.84. The Labute approximate surface area is 118 Å². The van der Waals surface area contributed by atoms with Gasteiger partial charge in [0.2, 0.25) is 5.91 Å². The number of aliphatic carboxylic acids is 2. The van der Waals surface area contributed by atoms with E-state index < -0.39 is 18.1 Å². The van der Waals surface area contributed by atoms with E-state index >= 15 is 0 Å². The monoisotopic (exact) mass is 314 g/mol. The summed E-state index contributed by atoms with van der Waals surface area (Å²) in [7, 11) is 0. The van der Waals surface area contributed by atoms with Gasteiger partial charge >= 0.3 is 18.1 Å². The first-order valence-corrected chi connectivity index (χ1v) is 5.98. The highest BCUT2D eigenvalue weighted by Gasteiger charge is 2.38. The van der Waals surface area contributed by atoms with Gasteiger partial charge in [-0.3, -0.25) is 9.59 Å². The third-order valence-corrected chi connectivity index (χ3v) is 2.95. The third-order valence-electron chi connectivity index (χ3n) is 2.95. The van der Waals surface area contributed by atoms with Gasteiger partial charge < -0.3 is 21.3 Å². The number of carbonyl (C=O) groups excluding carboxylic acids is 1. The van der Waals surface area contributed by atoms with Crippen LogP contribution in [0.3, 0.4) is 0 Å². The average molecular weight is 314 g/mol. The van der Waals surface area contributed by atoms with E-state index in [4.69, 9.17) is 20.7 Å². The lowest BCUT2D eigenvalue weighted by Crippen LogP contribution is -2.34. The Morgan fingerprint density at radius 3 is 2.00 bits per heavy atom. The minimum atomic E-state index is -5.08. The van der Waals surface area contributed by atoms with Crippen molar-refractivity contribution in [2.24, 2.45) is 17.6 Å². The van der Waals surface area contributed by atoms with Crippen LogP contribution in [-0.2, 0) is 14.4 Å².